The van der Waals surface area contributed by atoms with Crippen molar-refractivity contribution in [3.63, 3.8) is 0 Å². The van der Waals surface area contributed by atoms with E-state index < -0.39 is 5.54 Å². The van der Waals surface area contributed by atoms with E-state index >= 15 is 0 Å². The summed E-state index contributed by atoms with van der Waals surface area (Å²) < 4.78 is 11.0. The van der Waals surface area contributed by atoms with Crippen LogP contribution in [0.3, 0.4) is 0 Å². The normalized spacial score (nSPS) is 15.9. The van der Waals surface area contributed by atoms with Gasteiger partial charge in [0.2, 0.25) is 0 Å². The van der Waals surface area contributed by atoms with E-state index in [1.54, 1.807) is 0 Å². The van der Waals surface area contributed by atoms with Crippen LogP contribution in [-0.4, -0.2) is 38.0 Å². The maximum Gasteiger partial charge on any atom is 0.106 e. The molecule has 0 radical (unpaired) electrons. The molecule has 0 aliphatic heterocycles. The lowest BCUT2D eigenvalue weighted by Gasteiger charge is -2.26. The zero-order valence-corrected chi connectivity index (χ0v) is 12.3. The van der Waals surface area contributed by atoms with Gasteiger partial charge in [0, 0.05) is 13.0 Å². The summed E-state index contributed by atoms with van der Waals surface area (Å²) in [4.78, 5) is 0. The van der Waals surface area contributed by atoms with Crippen molar-refractivity contribution in [1.82, 2.24) is 5.32 Å². The van der Waals surface area contributed by atoms with Crippen molar-refractivity contribution in [3.05, 3.63) is 0 Å². The largest absolute Gasteiger partial charge is 0.379 e. The van der Waals surface area contributed by atoms with Crippen LogP contribution in [0.2, 0.25) is 0 Å². The summed E-state index contributed by atoms with van der Waals surface area (Å²) in [6.07, 6.45) is 2.81. The first-order chi connectivity index (χ1) is 8.58. The molecular formula is C14H28N2O2. The van der Waals surface area contributed by atoms with Gasteiger partial charge in [-0.05, 0) is 33.2 Å². The monoisotopic (exact) mass is 256 g/mol. The minimum Gasteiger partial charge on any atom is -0.379 e. The van der Waals surface area contributed by atoms with Crippen molar-refractivity contribution in [3.8, 4) is 6.07 Å². The molecule has 106 valence electrons. The lowest BCUT2D eigenvalue weighted by molar-refractivity contribution is 0.00269. The lowest BCUT2D eigenvalue weighted by Crippen LogP contribution is -2.44. The van der Waals surface area contributed by atoms with E-state index in [1.807, 2.05) is 13.8 Å². The number of nitriles is 1. The van der Waals surface area contributed by atoms with Gasteiger partial charge < -0.3 is 9.47 Å². The number of ether oxygens (including phenoxy) is 2. The van der Waals surface area contributed by atoms with Crippen molar-refractivity contribution in [2.45, 2.75) is 58.6 Å². The molecule has 2 atom stereocenters. The molecule has 0 amide bonds. The zero-order chi connectivity index (χ0) is 13.9. The Kier molecular flexibility index (Phi) is 9.95. The molecule has 0 rings (SSSR count). The summed E-state index contributed by atoms with van der Waals surface area (Å²) in [6, 6.07) is 2.33. The first kappa shape index (κ1) is 17.4. The van der Waals surface area contributed by atoms with Crippen LogP contribution >= 0.6 is 0 Å². The van der Waals surface area contributed by atoms with E-state index in [1.165, 1.54) is 0 Å². The van der Waals surface area contributed by atoms with Gasteiger partial charge in [0.05, 0.1) is 25.4 Å². The predicted molar refractivity (Wildman–Crippen MR) is 73.5 cm³/mol. The molecule has 0 spiro atoms. The van der Waals surface area contributed by atoms with Crippen LogP contribution in [0.15, 0.2) is 0 Å². The van der Waals surface area contributed by atoms with E-state index in [9.17, 15) is 5.26 Å². The van der Waals surface area contributed by atoms with Gasteiger partial charge in [-0.3, -0.25) is 5.32 Å². The first-order valence-corrected chi connectivity index (χ1v) is 6.93. The van der Waals surface area contributed by atoms with Crippen LogP contribution in [0, 0.1) is 11.3 Å². The molecule has 0 aliphatic carbocycles. The number of nitrogens with one attached hydrogen (secondary N) is 1. The lowest BCUT2D eigenvalue weighted by atomic mass is 9.96. The fraction of sp³-hybridized carbons (Fsp3) is 0.929. The van der Waals surface area contributed by atoms with Gasteiger partial charge in [-0.1, -0.05) is 13.8 Å². The zero-order valence-electron chi connectivity index (χ0n) is 12.3. The van der Waals surface area contributed by atoms with Gasteiger partial charge in [-0.2, -0.15) is 5.26 Å². The quantitative estimate of drug-likeness (QED) is 0.577. The molecule has 0 aromatic carbocycles. The Balaban J connectivity index is 3.82. The molecule has 0 saturated heterocycles. The Morgan fingerprint density at radius 3 is 2.50 bits per heavy atom. The van der Waals surface area contributed by atoms with Gasteiger partial charge >= 0.3 is 0 Å². The van der Waals surface area contributed by atoms with Crippen LogP contribution in [-0.2, 0) is 9.47 Å². The molecule has 0 saturated carbocycles. The highest BCUT2D eigenvalue weighted by atomic mass is 16.5. The summed E-state index contributed by atoms with van der Waals surface area (Å²) in [5.74, 6) is 0. The molecule has 0 fully saturated rings. The molecule has 1 N–H and O–H groups in total. The molecule has 2 unspecified atom stereocenters. The van der Waals surface area contributed by atoms with Crippen molar-refractivity contribution in [2.24, 2.45) is 0 Å². The summed E-state index contributed by atoms with van der Waals surface area (Å²) in [7, 11) is 0. The molecule has 0 bridgehead atoms. The molecule has 4 heteroatoms. The maximum atomic E-state index is 9.21. The molecule has 0 aromatic rings. The Morgan fingerprint density at radius 1 is 1.22 bits per heavy atom. The van der Waals surface area contributed by atoms with Crippen molar-refractivity contribution in [1.29, 1.82) is 5.26 Å². The Morgan fingerprint density at radius 2 is 1.94 bits per heavy atom. The smallest absolute Gasteiger partial charge is 0.106 e. The van der Waals surface area contributed by atoms with Gasteiger partial charge in [0.25, 0.3) is 0 Å². The molecular weight excluding hydrogens is 228 g/mol. The van der Waals surface area contributed by atoms with Crippen LogP contribution in [0.5, 0.6) is 0 Å². The third-order valence-corrected chi connectivity index (χ3v) is 2.69. The highest BCUT2D eigenvalue weighted by Crippen LogP contribution is 2.13. The third kappa shape index (κ3) is 8.46. The van der Waals surface area contributed by atoms with Crippen molar-refractivity contribution >= 4 is 0 Å². The second-order valence-corrected chi connectivity index (χ2v) is 4.87. The summed E-state index contributed by atoms with van der Waals surface area (Å²) in [5.41, 5.74) is -0.500. The molecule has 0 aromatic heterocycles. The van der Waals surface area contributed by atoms with Gasteiger partial charge in [-0.15, -0.1) is 0 Å². The summed E-state index contributed by atoms with van der Waals surface area (Å²) >= 11 is 0. The highest BCUT2D eigenvalue weighted by molar-refractivity contribution is 5.04. The molecule has 18 heavy (non-hydrogen) atoms. The van der Waals surface area contributed by atoms with E-state index in [4.69, 9.17) is 9.47 Å². The number of hydrogen-bond acceptors (Lipinski definition) is 4. The highest BCUT2D eigenvalue weighted by Gasteiger charge is 2.25. The van der Waals surface area contributed by atoms with E-state index in [2.05, 4.69) is 25.2 Å². The van der Waals surface area contributed by atoms with Crippen LogP contribution in [0.4, 0.5) is 0 Å². The summed E-state index contributed by atoms with van der Waals surface area (Å²) in [5, 5.41) is 12.5. The van der Waals surface area contributed by atoms with Crippen LogP contribution < -0.4 is 5.32 Å². The van der Waals surface area contributed by atoms with Crippen LogP contribution in [0.1, 0.15) is 47.0 Å². The van der Waals surface area contributed by atoms with Crippen molar-refractivity contribution in [2.75, 3.05) is 26.4 Å². The third-order valence-electron chi connectivity index (χ3n) is 2.69. The summed E-state index contributed by atoms with van der Waals surface area (Å²) in [6.45, 7) is 11.0. The Bertz CT molecular complexity index is 240. The average Bonchev–Trinajstić information content (AvgIpc) is 2.36. The second-order valence-electron chi connectivity index (χ2n) is 4.87. The van der Waals surface area contributed by atoms with Gasteiger partial charge in [0.1, 0.15) is 5.54 Å². The predicted octanol–water partition coefficient (Wildman–Crippen LogP) is 2.49. The van der Waals surface area contributed by atoms with Gasteiger partial charge in [0.15, 0.2) is 0 Å². The maximum absolute atomic E-state index is 9.21. The second kappa shape index (κ2) is 10.3. The number of nitrogens with zero attached hydrogens (tertiary/aromatic N) is 1. The SMILES string of the molecule is CCCNC(C)(C#N)CC(C)OCCOCCC. The number of hydrogen-bond donors (Lipinski definition) is 1. The Hall–Kier alpha value is -0.630. The Labute approximate surface area is 112 Å². The van der Waals surface area contributed by atoms with E-state index in [-0.39, 0.29) is 6.10 Å². The van der Waals surface area contributed by atoms with Crippen molar-refractivity contribution < 1.29 is 9.47 Å². The van der Waals surface area contributed by atoms with E-state index in [0.29, 0.717) is 19.6 Å². The minimum absolute atomic E-state index is 0.0595. The van der Waals surface area contributed by atoms with Crippen LogP contribution in [0.25, 0.3) is 0 Å². The van der Waals surface area contributed by atoms with Gasteiger partial charge in [-0.25, -0.2) is 0 Å². The molecule has 4 nitrogen and oxygen atoms in total. The first-order valence-electron chi connectivity index (χ1n) is 6.93. The molecule has 0 aliphatic rings. The average molecular weight is 256 g/mol. The molecule has 0 heterocycles. The standard InChI is InChI=1S/C14H28N2O2/c1-5-7-16-14(4,12-15)11-13(3)18-10-9-17-8-6-2/h13,16H,5-11H2,1-4H3. The van der Waals surface area contributed by atoms with E-state index in [0.717, 1.165) is 26.0 Å². The fourth-order valence-corrected chi connectivity index (χ4v) is 1.75. The minimum atomic E-state index is -0.500. The topological polar surface area (TPSA) is 54.3 Å². The fourth-order valence-electron chi connectivity index (χ4n) is 1.75. The number of rotatable bonds is 11.